The molecule has 1 aliphatic heterocycles. The topological polar surface area (TPSA) is 71.3 Å². The first-order valence-electron chi connectivity index (χ1n) is 10.2. The first-order valence-corrected chi connectivity index (χ1v) is 10.2. The zero-order valence-corrected chi connectivity index (χ0v) is 16.4. The number of rotatable bonds is 3. The zero-order valence-electron chi connectivity index (χ0n) is 16.4. The third kappa shape index (κ3) is 3.58. The second-order valence-electron chi connectivity index (χ2n) is 7.52. The quantitative estimate of drug-likeness (QED) is 0.635. The van der Waals surface area contributed by atoms with E-state index in [1.54, 1.807) is 17.2 Å². The fourth-order valence-corrected chi connectivity index (χ4v) is 3.81. The molecule has 1 aromatic carbocycles. The van der Waals surface area contributed by atoms with E-state index in [-0.39, 0.29) is 17.5 Å². The summed E-state index contributed by atoms with van der Waals surface area (Å²) in [4.78, 5) is 22.8. The van der Waals surface area contributed by atoms with Crippen molar-refractivity contribution in [2.75, 3.05) is 18.4 Å². The summed E-state index contributed by atoms with van der Waals surface area (Å²) in [5, 5.41) is 2.83. The third-order valence-electron chi connectivity index (χ3n) is 5.42. The zero-order chi connectivity index (χ0) is 20.5. The average molecular weight is 404 g/mol. The van der Waals surface area contributed by atoms with Crippen molar-refractivity contribution >= 4 is 28.5 Å². The molecule has 0 saturated carbocycles. The van der Waals surface area contributed by atoms with E-state index in [9.17, 15) is 9.18 Å². The number of pyridine rings is 1. The van der Waals surface area contributed by atoms with Crippen molar-refractivity contribution in [2.45, 2.75) is 25.7 Å². The van der Waals surface area contributed by atoms with Crippen LogP contribution in [0, 0.1) is 5.82 Å². The lowest BCUT2D eigenvalue weighted by molar-refractivity contribution is 0.222. The molecule has 2 aromatic heterocycles. The predicted molar refractivity (Wildman–Crippen MR) is 113 cm³/mol. The van der Waals surface area contributed by atoms with Gasteiger partial charge in [-0.3, -0.25) is 0 Å². The van der Waals surface area contributed by atoms with Crippen molar-refractivity contribution in [3.8, 4) is 11.5 Å². The standard InChI is InChI=1S/C23H21FN4O2/c24-19-9-8-17(26-23(29)28-10-4-5-11-28)13-18(19)22-27-21-20(30-22)12-16(14-25-21)15-6-2-1-3-7-15/h2,6-9,12-14H,1,3-5,10-11H2,(H,26,29). The van der Waals surface area contributed by atoms with Crippen molar-refractivity contribution < 1.29 is 13.6 Å². The van der Waals surface area contributed by atoms with Crippen LogP contribution in [0.15, 0.2) is 53.1 Å². The summed E-state index contributed by atoms with van der Waals surface area (Å²) in [5.74, 6) is -0.337. The van der Waals surface area contributed by atoms with Gasteiger partial charge in [-0.25, -0.2) is 14.2 Å². The number of amides is 2. The number of benzene rings is 1. The molecule has 2 amide bonds. The summed E-state index contributed by atoms with van der Waals surface area (Å²) in [6, 6.07) is 6.08. The first-order chi connectivity index (χ1) is 14.7. The van der Waals surface area contributed by atoms with Crippen LogP contribution < -0.4 is 5.32 Å². The number of carbonyl (C=O) groups excluding carboxylic acids is 1. The number of hydrogen-bond acceptors (Lipinski definition) is 4. The van der Waals surface area contributed by atoms with Crippen molar-refractivity contribution in [1.29, 1.82) is 0 Å². The number of nitrogens with zero attached hydrogens (tertiary/aromatic N) is 3. The summed E-state index contributed by atoms with van der Waals surface area (Å²) in [6.45, 7) is 1.48. The number of fused-ring (bicyclic) bond motifs is 1. The Morgan fingerprint density at radius 3 is 2.83 bits per heavy atom. The molecule has 3 heterocycles. The van der Waals surface area contributed by atoms with E-state index in [1.807, 2.05) is 6.07 Å². The van der Waals surface area contributed by atoms with Crippen molar-refractivity contribution in [1.82, 2.24) is 14.9 Å². The van der Waals surface area contributed by atoms with E-state index in [2.05, 4.69) is 33.5 Å². The SMILES string of the molecule is O=C(Nc1ccc(F)c(-c2nc3ncc(C4=CCCC=C4)cc3o2)c1)N1CCCC1. The van der Waals surface area contributed by atoms with Crippen LogP contribution in [-0.4, -0.2) is 34.0 Å². The molecule has 30 heavy (non-hydrogen) atoms. The molecule has 152 valence electrons. The van der Waals surface area contributed by atoms with E-state index < -0.39 is 5.82 Å². The molecule has 5 rings (SSSR count). The van der Waals surface area contributed by atoms with Crippen molar-refractivity contribution in [2.24, 2.45) is 0 Å². The largest absolute Gasteiger partial charge is 0.434 e. The Hall–Kier alpha value is -3.48. The van der Waals surface area contributed by atoms with Crippen molar-refractivity contribution in [3.05, 3.63) is 60.1 Å². The maximum absolute atomic E-state index is 14.5. The molecule has 1 fully saturated rings. The van der Waals surface area contributed by atoms with Gasteiger partial charge >= 0.3 is 6.03 Å². The van der Waals surface area contributed by atoms with Gasteiger partial charge in [0.2, 0.25) is 5.89 Å². The van der Waals surface area contributed by atoms with Gasteiger partial charge in [-0.05, 0) is 55.5 Å². The molecule has 2 aliphatic rings. The number of carbonyl (C=O) groups is 1. The number of halogens is 1. The molecular weight excluding hydrogens is 383 g/mol. The summed E-state index contributed by atoms with van der Waals surface area (Å²) < 4.78 is 20.4. The van der Waals surface area contributed by atoms with Crippen LogP contribution >= 0.6 is 0 Å². The highest BCUT2D eigenvalue weighted by molar-refractivity contribution is 5.90. The molecule has 7 heteroatoms. The molecule has 0 unspecified atom stereocenters. The van der Waals surface area contributed by atoms with Gasteiger partial charge in [-0.2, -0.15) is 4.98 Å². The Kier molecular flexibility index (Phi) is 4.78. The van der Waals surface area contributed by atoms with Crippen LogP contribution in [-0.2, 0) is 0 Å². The number of likely N-dealkylation sites (tertiary alicyclic amines) is 1. The van der Waals surface area contributed by atoms with Crippen LogP contribution in [0.1, 0.15) is 31.2 Å². The molecule has 0 bridgehead atoms. The monoisotopic (exact) mass is 404 g/mol. The highest BCUT2D eigenvalue weighted by Crippen LogP contribution is 2.30. The Balaban J connectivity index is 1.44. The minimum absolute atomic E-state index is 0.137. The smallest absolute Gasteiger partial charge is 0.321 e. The lowest BCUT2D eigenvalue weighted by Gasteiger charge is -2.16. The van der Waals surface area contributed by atoms with E-state index in [0.29, 0.717) is 16.9 Å². The molecule has 6 nitrogen and oxygen atoms in total. The summed E-state index contributed by atoms with van der Waals surface area (Å²) in [6.07, 6.45) is 12.1. The fraction of sp³-hybridized carbons (Fsp3) is 0.261. The fourth-order valence-electron chi connectivity index (χ4n) is 3.81. The van der Waals surface area contributed by atoms with Crippen LogP contribution in [0.2, 0.25) is 0 Å². The van der Waals surface area contributed by atoms with Crippen LogP contribution in [0.3, 0.4) is 0 Å². The summed E-state index contributed by atoms with van der Waals surface area (Å²) >= 11 is 0. The number of anilines is 1. The van der Waals surface area contributed by atoms with E-state index in [0.717, 1.165) is 49.9 Å². The van der Waals surface area contributed by atoms with Gasteiger partial charge in [0, 0.05) is 30.5 Å². The Morgan fingerprint density at radius 2 is 2.03 bits per heavy atom. The normalized spacial score (nSPS) is 16.2. The highest BCUT2D eigenvalue weighted by Gasteiger charge is 2.20. The molecule has 1 aliphatic carbocycles. The summed E-state index contributed by atoms with van der Waals surface area (Å²) in [7, 11) is 0. The van der Waals surface area contributed by atoms with Crippen LogP contribution in [0.4, 0.5) is 14.9 Å². The maximum Gasteiger partial charge on any atom is 0.321 e. The maximum atomic E-state index is 14.5. The predicted octanol–water partition coefficient (Wildman–Crippen LogP) is 5.39. The molecule has 0 atom stereocenters. The van der Waals surface area contributed by atoms with Gasteiger partial charge in [0.15, 0.2) is 11.2 Å². The summed E-state index contributed by atoms with van der Waals surface area (Å²) in [5.41, 5.74) is 3.62. The number of urea groups is 1. The van der Waals surface area contributed by atoms with Gasteiger partial charge in [-0.15, -0.1) is 0 Å². The van der Waals surface area contributed by atoms with E-state index >= 15 is 0 Å². The molecular formula is C23H21FN4O2. The molecule has 1 N–H and O–H groups in total. The van der Waals surface area contributed by atoms with E-state index in [4.69, 9.17) is 4.42 Å². The number of aromatic nitrogens is 2. The Bertz CT molecular complexity index is 1180. The lowest BCUT2D eigenvalue weighted by atomic mass is 10.0. The van der Waals surface area contributed by atoms with E-state index in [1.165, 1.54) is 12.1 Å². The molecule has 3 aromatic rings. The average Bonchev–Trinajstić information content (AvgIpc) is 3.45. The molecule has 1 saturated heterocycles. The number of allylic oxidation sites excluding steroid dienone is 4. The van der Waals surface area contributed by atoms with Gasteiger partial charge in [0.05, 0.1) is 5.56 Å². The van der Waals surface area contributed by atoms with Gasteiger partial charge in [0.1, 0.15) is 5.82 Å². The van der Waals surface area contributed by atoms with Crippen LogP contribution in [0.25, 0.3) is 28.3 Å². The van der Waals surface area contributed by atoms with Gasteiger partial charge < -0.3 is 14.6 Å². The number of hydrogen-bond donors (Lipinski definition) is 1. The Morgan fingerprint density at radius 1 is 1.17 bits per heavy atom. The lowest BCUT2D eigenvalue weighted by Crippen LogP contribution is -2.32. The highest BCUT2D eigenvalue weighted by atomic mass is 19.1. The first kappa shape index (κ1) is 18.5. The molecule has 0 radical (unpaired) electrons. The van der Waals surface area contributed by atoms with Gasteiger partial charge in [0.25, 0.3) is 0 Å². The minimum Gasteiger partial charge on any atom is -0.434 e. The minimum atomic E-state index is -0.473. The molecule has 0 spiro atoms. The number of oxazole rings is 1. The number of nitrogens with one attached hydrogen (secondary N) is 1. The second kappa shape index (κ2) is 7.74. The third-order valence-corrected chi connectivity index (χ3v) is 5.42. The second-order valence-corrected chi connectivity index (χ2v) is 7.52. The Labute approximate surface area is 173 Å². The van der Waals surface area contributed by atoms with Crippen molar-refractivity contribution in [3.63, 3.8) is 0 Å². The van der Waals surface area contributed by atoms with Crippen LogP contribution in [0.5, 0.6) is 0 Å². The van der Waals surface area contributed by atoms with Gasteiger partial charge in [-0.1, -0.05) is 18.2 Å².